The Morgan fingerprint density at radius 3 is 2.68 bits per heavy atom. The molecule has 7 heteroatoms. The molecule has 1 aliphatic heterocycles. The van der Waals surface area contributed by atoms with Crippen molar-refractivity contribution in [3.8, 4) is 11.5 Å². The van der Waals surface area contributed by atoms with Crippen molar-refractivity contribution in [1.29, 1.82) is 0 Å². The summed E-state index contributed by atoms with van der Waals surface area (Å²) in [6.07, 6.45) is 0. The fourth-order valence-electron chi connectivity index (χ4n) is 1.63. The van der Waals surface area contributed by atoms with Gasteiger partial charge in [0.15, 0.2) is 23.1 Å². The molecule has 102 valence electrons. The lowest BCUT2D eigenvalue weighted by molar-refractivity contribution is -0.137. The van der Waals surface area contributed by atoms with Crippen molar-refractivity contribution in [2.24, 2.45) is 0 Å². The Kier molecular flexibility index (Phi) is 3.64. The van der Waals surface area contributed by atoms with E-state index in [9.17, 15) is 18.4 Å². The topological polar surface area (TPSA) is 61.8 Å². The molecule has 0 fully saturated rings. The number of rotatable bonds is 3. The molecule has 1 aliphatic rings. The van der Waals surface area contributed by atoms with Gasteiger partial charge in [0.05, 0.1) is 6.61 Å². The van der Waals surface area contributed by atoms with Crippen LogP contribution in [0, 0.1) is 11.6 Å². The predicted octanol–water partition coefficient (Wildman–Crippen LogP) is 1.48. The second-order valence-corrected chi connectivity index (χ2v) is 3.62. The lowest BCUT2D eigenvalue weighted by atomic mass is 10.1. The minimum atomic E-state index is -1.46. The lowest BCUT2D eigenvalue weighted by Gasteiger charge is -2.20. The summed E-state index contributed by atoms with van der Waals surface area (Å²) >= 11 is 0. The van der Waals surface area contributed by atoms with Crippen LogP contribution in [-0.2, 0) is 9.53 Å². The fraction of sp³-hybridized carbons (Fsp3) is 0.333. The molecule has 0 amide bonds. The largest absolute Gasteiger partial charge is 0.486 e. The van der Waals surface area contributed by atoms with Gasteiger partial charge in [0.25, 0.3) is 5.78 Å². The normalized spacial score (nSPS) is 13.0. The first-order valence-corrected chi connectivity index (χ1v) is 5.55. The van der Waals surface area contributed by atoms with Gasteiger partial charge in [0.1, 0.15) is 18.8 Å². The van der Waals surface area contributed by atoms with Crippen LogP contribution >= 0.6 is 0 Å². The number of carbonyl (C=O) groups is 2. The van der Waals surface area contributed by atoms with E-state index < -0.39 is 29.0 Å². The van der Waals surface area contributed by atoms with Crippen molar-refractivity contribution >= 4 is 11.8 Å². The predicted molar refractivity (Wildman–Crippen MR) is 58.3 cm³/mol. The van der Waals surface area contributed by atoms with Crippen LogP contribution in [-0.4, -0.2) is 31.6 Å². The molecular weight excluding hydrogens is 262 g/mol. The second kappa shape index (κ2) is 5.21. The van der Waals surface area contributed by atoms with Gasteiger partial charge in [-0.25, -0.2) is 13.6 Å². The summed E-state index contributed by atoms with van der Waals surface area (Å²) in [6.45, 7) is 1.65. The quantitative estimate of drug-likeness (QED) is 0.474. The molecule has 0 atom stereocenters. The van der Waals surface area contributed by atoms with Crippen molar-refractivity contribution in [2.45, 2.75) is 6.92 Å². The van der Waals surface area contributed by atoms with E-state index in [-0.39, 0.29) is 31.3 Å². The number of fused-ring (bicyclic) bond motifs is 1. The molecule has 0 saturated carbocycles. The molecule has 1 aromatic carbocycles. The minimum absolute atomic E-state index is 0.0545. The van der Waals surface area contributed by atoms with E-state index in [1.54, 1.807) is 0 Å². The standard InChI is InChI=1S/C12H10F2O5/c1-2-17-12(16)10(15)8-9(14)6(13)5-7-11(8)19-4-3-18-7/h5H,2-4H2,1H3. The second-order valence-electron chi connectivity index (χ2n) is 3.62. The Bertz CT molecular complexity index is 541. The molecule has 0 aromatic heterocycles. The van der Waals surface area contributed by atoms with Crippen LogP contribution < -0.4 is 9.47 Å². The molecule has 1 heterocycles. The van der Waals surface area contributed by atoms with Gasteiger partial charge >= 0.3 is 5.97 Å². The molecule has 0 N–H and O–H groups in total. The number of ether oxygens (including phenoxy) is 3. The Hall–Kier alpha value is -2.18. The van der Waals surface area contributed by atoms with Gasteiger partial charge in [-0.3, -0.25) is 4.79 Å². The van der Waals surface area contributed by atoms with Gasteiger partial charge < -0.3 is 14.2 Å². The summed E-state index contributed by atoms with van der Waals surface area (Å²) in [4.78, 5) is 23.1. The SMILES string of the molecule is CCOC(=O)C(=O)c1c(F)c(F)cc2c1OCCO2. The van der Waals surface area contributed by atoms with E-state index in [0.717, 1.165) is 6.07 Å². The molecule has 2 rings (SSSR count). The summed E-state index contributed by atoms with van der Waals surface area (Å²) in [5.74, 6) is -5.72. The van der Waals surface area contributed by atoms with Gasteiger partial charge in [0.2, 0.25) is 0 Å². The Morgan fingerprint density at radius 2 is 2.00 bits per heavy atom. The molecule has 5 nitrogen and oxygen atoms in total. The van der Waals surface area contributed by atoms with Crippen LogP contribution in [0.4, 0.5) is 8.78 Å². The van der Waals surface area contributed by atoms with Crippen LogP contribution in [0.1, 0.15) is 17.3 Å². The zero-order valence-corrected chi connectivity index (χ0v) is 10.00. The summed E-state index contributed by atoms with van der Waals surface area (Å²) in [7, 11) is 0. The fourth-order valence-corrected chi connectivity index (χ4v) is 1.63. The average molecular weight is 272 g/mol. The van der Waals surface area contributed by atoms with Gasteiger partial charge in [-0.05, 0) is 6.92 Å². The van der Waals surface area contributed by atoms with Crippen LogP contribution in [0.2, 0.25) is 0 Å². The third-order valence-electron chi connectivity index (χ3n) is 2.41. The molecule has 0 saturated heterocycles. The first-order valence-electron chi connectivity index (χ1n) is 5.55. The zero-order valence-electron chi connectivity index (χ0n) is 10.00. The van der Waals surface area contributed by atoms with Gasteiger partial charge in [-0.1, -0.05) is 0 Å². The lowest BCUT2D eigenvalue weighted by Crippen LogP contribution is -2.24. The van der Waals surface area contributed by atoms with E-state index in [1.807, 2.05) is 0 Å². The van der Waals surface area contributed by atoms with Crippen LogP contribution in [0.5, 0.6) is 11.5 Å². The third-order valence-corrected chi connectivity index (χ3v) is 2.41. The smallest absolute Gasteiger partial charge is 0.379 e. The number of ketones is 1. The van der Waals surface area contributed by atoms with Crippen molar-refractivity contribution in [2.75, 3.05) is 19.8 Å². The minimum Gasteiger partial charge on any atom is -0.486 e. The van der Waals surface area contributed by atoms with E-state index in [0.29, 0.717) is 0 Å². The number of halogens is 2. The highest BCUT2D eigenvalue weighted by molar-refractivity contribution is 6.41. The molecule has 0 aliphatic carbocycles. The number of benzene rings is 1. The summed E-state index contributed by atoms with van der Waals surface area (Å²) in [5, 5.41) is 0. The van der Waals surface area contributed by atoms with Gasteiger partial charge in [-0.15, -0.1) is 0 Å². The van der Waals surface area contributed by atoms with E-state index >= 15 is 0 Å². The first kappa shape index (κ1) is 13.3. The third kappa shape index (κ3) is 2.35. The van der Waals surface area contributed by atoms with E-state index in [1.165, 1.54) is 6.92 Å². The van der Waals surface area contributed by atoms with Gasteiger partial charge in [-0.2, -0.15) is 0 Å². The molecule has 0 spiro atoms. The Labute approximate surface area is 107 Å². The number of esters is 1. The average Bonchev–Trinajstić information content (AvgIpc) is 2.40. The maximum Gasteiger partial charge on any atom is 0.379 e. The molecule has 0 bridgehead atoms. The molecular formula is C12H10F2O5. The van der Waals surface area contributed by atoms with E-state index in [2.05, 4.69) is 4.74 Å². The summed E-state index contributed by atoms with van der Waals surface area (Å²) in [6, 6.07) is 0.770. The van der Waals surface area contributed by atoms with Crippen LogP contribution in [0.15, 0.2) is 6.07 Å². The first-order chi connectivity index (χ1) is 9.06. The van der Waals surface area contributed by atoms with Gasteiger partial charge in [0, 0.05) is 6.07 Å². The van der Waals surface area contributed by atoms with Crippen molar-refractivity contribution in [3.63, 3.8) is 0 Å². The maximum absolute atomic E-state index is 13.7. The highest BCUT2D eigenvalue weighted by Crippen LogP contribution is 2.37. The Balaban J connectivity index is 2.52. The summed E-state index contributed by atoms with van der Waals surface area (Å²) in [5.41, 5.74) is -0.798. The summed E-state index contributed by atoms with van der Waals surface area (Å²) < 4.78 is 41.7. The van der Waals surface area contributed by atoms with Crippen molar-refractivity contribution in [3.05, 3.63) is 23.3 Å². The molecule has 0 radical (unpaired) electrons. The number of carbonyl (C=O) groups excluding carboxylic acids is 2. The monoisotopic (exact) mass is 272 g/mol. The number of hydrogen-bond donors (Lipinski definition) is 0. The molecule has 0 unspecified atom stereocenters. The number of hydrogen-bond acceptors (Lipinski definition) is 5. The van der Waals surface area contributed by atoms with E-state index in [4.69, 9.17) is 9.47 Å². The highest BCUT2D eigenvalue weighted by Gasteiger charge is 2.32. The molecule has 19 heavy (non-hydrogen) atoms. The highest BCUT2D eigenvalue weighted by atomic mass is 19.2. The zero-order chi connectivity index (χ0) is 14.0. The van der Waals surface area contributed by atoms with Crippen LogP contribution in [0.3, 0.4) is 0 Å². The Morgan fingerprint density at radius 1 is 1.32 bits per heavy atom. The van der Waals surface area contributed by atoms with Crippen molar-refractivity contribution in [1.82, 2.24) is 0 Å². The number of Topliss-reactive ketones (excluding diaryl/α,β-unsaturated/α-hetero) is 1. The molecule has 1 aromatic rings. The van der Waals surface area contributed by atoms with Crippen LogP contribution in [0.25, 0.3) is 0 Å². The van der Waals surface area contributed by atoms with Crippen molar-refractivity contribution < 1.29 is 32.6 Å². The maximum atomic E-state index is 13.7.